The molecule has 6 heteroatoms. The first-order valence-electron chi connectivity index (χ1n) is 7.92. The van der Waals surface area contributed by atoms with Crippen LogP contribution in [-0.2, 0) is 14.2 Å². The van der Waals surface area contributed by atoms with Crippen LogP contribution in [0.4, 0.5) is 0 Å². The number of rotatable bonds is 4. The second-order valence-corrected chi connectivity index (χ2v) is 5.70. The maximum Gasteiger partial charge on any atom is 0.338 e. The molecular weight excluding hydrogens is 324 g/mol. The average Bonchev–Trinajstić information content (AvgIpc) is 2.90. The van der Waals surface area contributed by atoms with Crippen molar-refractivity contribution in [3.63, 3.8) is 0 Å². The minimum atomic E-state index is -1.36. The number of ether oxygens (including phenoxy) is 3. The molecule has 1 fully saturated rings. The molecule has 4 atom stereocenters. The summed E-state index contributed by atoms with van der Waals surface area (Å²) in [5.74, 6) is -1.20. The van der Waals surface area contributed by atoms with E-state index in [1.807, 2.05) is 0 Å². The third-order valence-corrected chi connectivity index (χ3v) is 3.93. The van der Waals surface area contributed by atoms with Gasteiger partial charge in [-0.25, -0.2) is 9.59 Å². The highest BCUT2D eigenvalue weighted by Gasteiger charge is 2.47. The van der Waals surface area contributed by atoms with Crippen LogP contribution in [0.5, 0.6) is 0 Å². The van der Waals surface area contributed by atoms with Gasteiger partial charge in [-0.1, -0.05) is 36.4 Å². The second kappa shape index (κ2) is 7.46. The highest BCUT2D eigenvalue weighted by atomic mass is 16.7. The summed E-state index contributed by atoms with van der Waals surface area (Å²) in [7, 11) is 0. The minimum Gasteiger partial charge on any atom is -0.452 e. The molecule has 2 aromatic rings. The normalized spacial score (nSPS) is 25.4. The lowest BCUT2D eigenvalue weighted by Crippen LogP contribution is -2.39. The Bertz CT molecular complexity index is 667. The predicted molar refractivity (Wildman–Crippen MR) is 87.8 cm³/mol. The predicted octanol–water partition coefficient (Wildman–Crippen LogP) is 2.17. The lowest BCUT2D eigenvalue weighted by molar-refractivity contribution is -0.127. The summed E-state index contributed by atoms with van der Waals surface area (Å²) in [4.78, 5) is 24.5. The fourth-order valence-corrected chi connectivity index (χ4v) is 2.62. The Labute approximate surface area is 144 Å². The number of esters is 2. The largest absolute Gasteiger partial charge is 0.452 e. The van der Waals surface area contributed by atoms with Gasteiger partial charge < -0.3 is 19.3 Å². The molecule has 1 N–H and O–H groups in total. The summed E-state index contributed by atoms with van der Waals surface area (Å²) >= 11 is 0. The van der Waals surface area contributed by atoms with Crippen LogP contribution in [-0.4, -0.2) is 41.6 Å². The Morgan fingerprint density at radius 3 is 1.76 bits per heavy atom. The number of hydrogen-bond donors (Lipinski definition) is 1. The van der Waals surface area contributed by atoms with Crippen LogP contribution in [0.25, 0.3) is 0 Å². The molecule has 2 aromatic carbocycles. The Morgan fingerprint density at radius 2 is 1.28 bits per heavy atom. The molecule has 1 heterocycles. The zero-order valence-corrected chi connectivity index (χ0v) is 13.6. The molecule has 0 aromatic heterocycles. The van der Waals surface area contributed by atoms with Crippen LogP contribution in [0, 0.1) is 0 Å². The minimum absolute atomic E-state index is 0.336. The SMILES string of the molecule is C[C@H]1O[C@@H](O)[C@@H](OC(=O)c2ccccc2)[C@H]1OC(=O)c1ccccc1. The number of hydrogen-bond acceptors (Lipinski definition) is 6. The lowest BCUT2D eigenvalue weighted by atomic mass is 10.1. The number of carbonyl (C=O) groups excluding carboxylic acids is 2. The molecule has 6 nitrogen and oxygen atoms in total. The van der Waals surface area contributed by atoms with Crippen LogP contribution in [0.3, 0.4) is 0 Å². The number of aliphatic hydroxyl groups excluding tert-OH is 1. The quantitative estimate of drug-likeness (QED) is 0.858. The van der Waals surface area contributed by atoms with E-state index in [9.17, 15) is 14.7 Å². The first-order valence-corrected chi connectivity index (χ1v) is 7.92. The Hall–Kier alpha value is -2.70. The van der Waals surface area contributed by atoms with Crippen molar-refractivity contribution in [2.24, 2.45) is 0 Å². The van der Waals surface area contributed by atoms with Gasteiger partial charge in [0.2, 0.25) is 0 Å². The van der Waals surface area contributed by atoms with Gasteiger partial charge in [0.1, 0.15) is 0 Å². The Balaban J connectivity index is 1.72. The van der Waals surface area contributed by atoms with Gasteiger partial charge in [-0.2, -0.15) is 0 Å². The van der Waals surface area contributed by atoms with Gasteiger partial charge in [-0.3, -0.25) is 0 Å². The molecule has 1 aliphatic rings. The van der Waals surface area contributed by atoms with Crippen molar-refractivity contribution < 1.29 is 28.9 Å². The van der Waals surface area contributed by atoms with Crippen molar-refractivity contribution in [2.45, 2.75) is 31.5 Å². The average molecular weight is 342 g/mol. The molecule has 0 spiro atoms. The number of carbonyl (C=O) groups is 2. The molecule has 1 saturated heterocycles. The van der Waals surface area contributed by atoms with Crippen LogP contribution in [0.15, 0.2) is 60.7 Å². The van der Waals surface area contributed by atoms with Crippen molar-refractivity contribution in [3.8, 4) is 0 Å². The van der Waals surface area contributed by atoms with Crippen molar-refractivity contribution in [3.05, 3.63) is 71.8 Å². The van der Waals surface area contributed by atoms with Crippen LogP contribution in [0.2, 0.25) is 0 Å². The van der Waals surface area contributed by atoms with Gasteiger partial charge in [-0.15, -0.1) is 0 Å². The molecule has 0 aliphatic carbocycles. The van der Waals surface area contributed by atoms with E-state index in [2.05, 4.69) is 0 Å². The van der Waals surface area contributed by atoms with Gasteiger partial charge in [0.05, 0.1) is 17.2 Å². The van der Waals surface area contributed by atoms with Crippen molar-refractivity contribution in [1.82, 2.24) is 0 Å². The summed E-state index contributed by atoms with van der Waals surface area (Å²) in [6.07, 6.45) is -3.99. The van der Waals surface area contributed by atoms with Crippen molar-refractivity contribution in [2.75, 3.05) is 0 Å². The van der Waals surface area contributed by atoms with E-state index in [-0.39, 0.29) is 0 Å². The molecule has 0 saturated carbocycles. The molecule has 0 radical (unpaired) electrons. The van der Waals surface area contributed by atoms with E-state index < -0.39 is 36.5 Å². The summed E-state index contributed by atoms with van der Waals surface area (Å²) in [5.41, 5.74) is 0.701. The van der Waals surface area contributed by atoms with E-state index >= 15 is 0 Å². The van der Waals surface area contributed by atoms with Gasteiger partial charge in [-0.05, 0) is 31.2 Å². The summed E-state index contributed by atoms with van der Waals surface area (Å²) in [5, 5.41) is 10.0. The third-order valence-electron chi connectivity index (χ3n) is 3.93. The fraction of sp³-hybridized carbons (Fsp3) is 0.263. The summed E-state index contributed by atoms with van der Waals surface area (Å²) in [6.45, 7) is 1.64. The maximum atomic E-state index is 12.3. The maximum absolute atomic E-state index is 12.3. The smallest absolute Gasteiger partial charge is 0.338 e. The fourth-order valence-electron chi connectivity index (χ4n) is 2.62. The van der Waals surface area contributed by atoms with Gasteiger partial charge in [0.15, 0.2) is 18.5 Å². The lowest BCUT2D eigenvalue weighted by Gasteiger charge is -2.22. The molecule has 0 amide bonds. The van der Waals surface area contributed by atoms with Crippen LogP contribution >= 0.6 is 0 Å². The Kier molecular flexibility index (Phi) is 5.11. The van der Waals surface area contributed by atoms with Crippen LogP contribution in [0.1, 0.15) is 27.6 Å². The van der Waals surface area contributed by atoms with Gasteiger partial charge in [0, 0.05) is 0 Å². The molecular formula is C19H18O6. The van der Waals surface area contributed by atoms with Crippen molar-refractivity contribution in [1.29, 1.82) is 0 Å². The topological polar surface area (TPSA) is 82.1 Å². The summed E-state index contributed by atoms with van der Waals surface area (Å²) < 4.78 is 16.0. The summed E-state index contributed by atoms with van der Waals surface area (Å²) in [6, 6.07) is 16.8. The van der Waals surface area contributed by atoms with E-state index in [1.54, 1.807) is 67.6 Å². The standard InChI is InChI=1S/C19H18O6/c1-12-15(24-17(20)13-8-4-2-5-9-13)16(19(22)23-12)25-18(21)14-10-6-3-7-11-14/h2-12,15-16,19,22H,1H3/t12-,15+,16+,19-/m1/s1. The first kappa shape index (κ1) is 17.1. The van der Waals surface area contributed by atoms with Crippen molar-refractivity contribution >= 4 is 11.9 Å². The second-order valence-electron chi connectivity index (χ2n) is 5.70. The zero-order chi connectivity index (χ0) is 17.8. The van der Waals surface area contributed by atoms with Gasteiger partial charge in [0.25, 0.3) is 0 Å². The highest BCUT2D eigenvalue weighted by molar-refractivity contribution is 5.90. The molecule has 25 heavy (non-hydrogen) atoms. The monoisotopic (exact) mass is 342 g/mol. The molecule has 0 unspecified atom stereocenters. The number of benzene rings is 2. The van der Waals surface area contributed by atoms with Crippen LogP contribution < -0.4 is 0 Å². The molecule has 1 aliphatic heterocycles. The zero-order valence-electron chi connectivity index (χ0n) is 13.6. The Morgan fingerprint density at radius 1 is 0.840 bits per heavy atom. The highest BCUT2D eigenvalue weighted by Crippen LogP contribution is 2.27. The first-order chi connectivity index (χ1) is 12.1. The van der Waals surface area contributed by atoms with E-state index in [4.69, 9.17) is 14.2 Å². The molecule has 3 rings (SSSR count). The van der Waals surface area contributed by atoms with Gasteiger partial charge >= 0.3 is 11.9 Å². The third kappa shape index (κ3) is 3.87. The number of aliphatic hydroxyl groups is 1. The molecule has 130 valence electrons. The molecule has 0 bridgehead atoms. The van der Waals surface area contributed by atoms with E-state index in [1.165, 1.54) is 0 Å². The van der Waals surface area contributed by atoms with E-state index in [0.29, 0.717) is 11.1 Å². The van der Waals surface area contributed by atoms with E-state index in [0.717, 1.165) is 0 Å².